The molecule has 104 valence electrons. The van der Waals surface area contributed by atoms with Crippen molar-refractivity contribution in [2.45, 2.75) is 38.1 Å². The Morgan fingerprint density at radius 3 is 2.72 bits per heavy atom. The zero-order valence-corrected chi connectivity index (χ0v) is 11.7. The number of likely N-dealkylation sites (tertiary alicyclic amines) is 1. The minimum Gasteiger partial charge on any atom is -0.469 e. The summed E-state index contributed by atoms with van der Waals surface area (Å²) >= 11 is 0. The second-order valence-electron chi connectivity index (χ2n) is 6.01. The summed E-state index contributed by atoms with van der Waals surface area (Å²) in [7, 11) is 3.61. The minimum atomic E-state index is -0.0759. The van der Waals surface area contributed by atoms with Crippen molar-refractivity contribution in [1.29, 1.82) is 0 Å². The van der Waals surface area contributed by atoms with Crippen LogP contribution in [-0.4, -0.2) is 50.7 Å². The summed E-state index contributed by atoms with van der Waals surface area (Å²) in [6.07, 6.45) is 5.85. The highest BCUT2D eigenvalue weighted by atomic mass is 16.5. The number of nitrogens with zero attached hydrogens (tertiary/aromatic N) is 1. The second kappa shape index (κ2) is 6.53. The van der Waals surface area contributed by atoms with Gasteiger partial charge in [0.1, 0.15) is 0 Å². The molecule has 0 bridgehead atoms. The van der Waals surface area contributed by atoms with E-state index in [0.717, 1.165) is 32.0 Å². The van der Waals surface area contributed by atoms with Gasteiger partial charge >= 0.3 is 5.97 Å². The van der Waals surface area contributed by atoms with Gasteiger partial charge in [0.2, 0.25) is 0 Å². The molecular formula is C14H26N2O2. The number of carbonyl (C=O) groups excluding carboxylic acids is 1. The van der Waals surface area contributed by atoms with Crippen LogP contribution < -0.4 is 5.32 Å². The molecule has 1 aliphatic carbocycles. The maximum absolute atomic E-state index is 11.4. The third-order valence-corrected chi connectivity index (χ3v) is 4.32. The molecule has 2 unspecified atom stereocenters. The van der Waals surface area contributed by atoms with Crippen molar-refractivity contribution in [3.05, 3.63) is 0 Å². The van der Waals surface area contributed by atoms with Gasteiger partial charge in [-0.15, -0.1) is 0 Å². The van der Waals surface area contributed by atoms with Gasteiger partial charge in [0, 0.05) is 25.6 Å². The Bertz CT molecular complexity index is 279. The van der Waals surface area contributed by atoms with E-state index in [4.69, 9.17) is 4.74 Å². The Kier molecular flexibility index (Phi) is 5.01. The van der Waals surface area contributed by atoms with Gasteiger partial charge in [-0.05, 0) is 44.7 Å². The number of likely N-dealkylation sites (N-methyl/N-ethyl adjacent to an activating group) is 1. The van der Waals surface area contributed by atoms with E-state index in [0.29, 0.717) is 18.4 Å². The number of methoxy groups -OCH3 is 1. The predicted molar refractivity (Wildman–Crippen MR) is 71.4 cm³/mol. The van der Waals surface area contributed by atoms with Gasteiger partial charge in [-0.25, -0.2) is 0 Å². The molecule has 0 aromatic rings. The van der Waals surface area contributed by atoms with E-state index in [9.17, 15) is 4.79 Å². The van der Waals surface area contributed by atoms with Gasteiger partial charge in [0.05, 0.1) is 7.11 Å². The van der Waals surface area contributed by atoms with Crippen LogP contribution in [-0.2, 0) is 9.53 Å². The molecule has 1 saturated carbocycles. The lowest BCUT2D eigenvalue weighted by molar-refractivity contribution is -0.142. The Morgan fingerprint density at radius 1 is 1.33 bits per heavy atom. The van der Waals surface area contributed by atoms with E-state index >= 15 is 0 Å². The highest BCUT2D eigenvalue weighted by Gasteiger charge is 2.28. The molecule has 18 heavy (non-hydrogen) atoms. The molecule has 0 radical (unpaired) electrons. The minimum absolute atomic E-state index is 0.0759. The Morgan fingerprint density at radius 2 is 2.11 bits per heavy atom. The fourth-order valence-corrected chi connectivity index (χ4v) is 3.09. The van der Waals surface area contributed by atoms with E-state index in [1.165, 1.54) is 26.4 Å². The summed E-state index contributed by atoms with van der Waals surface area (Å²) in [5, 5.41) is 3.68. The summed E-state index contributed by atoms with van der Waals surface area (Å²) in [6, 6.07) is 0.541. The van der Waals surface area contributed by atoms with Crippen LogP contribution in [0.25, 0.3) is 0 Å². The molecule has 4 nitrogen and oxygen atoms in total. The number of hydrogen-bond donors (Lipinski definition) is 1. The molecule has 0 aromatic carbocycles. The molecule has 0 aromatic heterocycles. The predicted octanol–water partition coefficient (Wildman–Crippen LogP) is 1.26. The molecular weight excluding hydrogens is 228 g/mol. The Balaban J connectivity index is 1.74. The number of hydrogen-bond acceptors (Lipinski definition) is 4. The number of carbonyl (C=O) groups is 1. The lowest BCUT2D eigenvalue weighted by Gasteiger charge is -2.37. The van der Waals surface area contributed by atoms with Crippen molar-refractivity contribution in [3.8, 4) is 0 Å². The lowest BCUT2D eigenvalue weighted by atomic mass is 9.85. The molecule has 2 atom stereocenters. The van der Waals surface area contributed by atoms with Crippen LogP contribution in [0.15, 0.2) is 0 Å². The molecule has 1 N–H and O–H groups in total. The van der Waals surface area contributed by atoms with E-state index < -0.39 is 0 Å². The average molecular weight is 254 g/mol. The molecule has 1 aliphatic heterocycles. The quantitative estimate of drug-likeness (QED) is 0.750. The topological polar surface area (TPSA) is 41.6 Å². The van der Waals surface area contributed by atoms with Gasteiger partial charge in [-0.1, -0.05) is 6.42 Å². The van der Waals surface area contributed by atoms with Gasteiger partial charge in [0.15, 0.2) is 0 Å². The highest BCUT2D eigenvalue weighted by molar-refractivity contribution is 5.69. The first-order valence-corrected chi connectivity index (χ1v) is 7.16. The smallest absolute Gasteiger partial charge is 0.305 e. The first-order chi connectivity index (χ1) is 8.67. The van der Waals surface area contributed by atoms with E-state index in [-0.39, 0.29) is 5.97 Å². The summed E-state index contributed by atoms with van der Waals surface area (Å²) in [5.74, 6) is 1.26. The number of rotatable bonds is 5. The highest BCUT2D eigenvalue weighted by Crippen LogP contribution is 2.26. The second-order valence-corrected chi connectivity index (χ2v) is 6.01. The number of piperidine rings is 1. The van der Waals surface area contributed by atoms with Crippen molar-refractivity contribution < 1.29 is 9.53 Å². The standard InChI is InChI=1S/C14H26N2O2/c1-16-9-12(7-14(17)18-2)6-13(10-16)15-8-11-4-3-5-11/h11-13,15H,3-10H2,1-2H3. The van der Waals surface area contributed by atoms with Crippen molar-refractivity contribution in [1.82, 2.24) is 10.2 Å². The third kappa shape index (κ3) is 3.95. The molecule has 1 heterocycles. The first-order valence-electron chi connectivity index (χ1n) is 7.16. The fraction of sp³-hybridized carbons (Fsp3) is 0.929. The van der Waals surface area contributed by atoms with Crippen LogP contribution in [0.4, 0.5) is 0 Å². The molecule has 2 aliphatic rings. The summed E-state index contributed by atoms with van der Waals surface area (Å²) < 4.78 is 4.77. The molecule has 0 amide bonds. The van der Waals surface area contributed by atoms with Gasteiger partial charge < -0.3 is 15.0 Å². The molecule has 4 heteroatoms. The lowest BCUT2D eigenvalue weighted by Crippen LogP contribution is -2.49. The van der Waals surface area contributed by atoms with Crippen LogP contribution in [0.3, 0.4) is 0 Å². The van der Waals surface area contributed by atoms with Gasteiger partial charge in [-0.2, -0.15) is 0 Å². The van der Waals surface area contributed by atoms with Gasteiger partial charge in [-0.3, -0.25) is 4.79 Å². The maximum Gasteiger partial charge on any atom is 0.305 e. The van der Waals surface area contributed by atoms with Crippen molar-refractivity contribution in [3.63, 3.8) is 0 Å². The van der Waals surface area contributed by atoms with Crippen LogP contribution in [0.5, 0.6) is 0 Å². The monoisotopic (exact) mass is 254 g/mol. The van der Waals surface area contributed by atoms with E-state index in [1.807, 2.05) is 0 Å². The number of ether oxygens (including phenoxy) is 1. The number of esters is 1. The summed E-state index contributed by atoms with van der Waals surface area (Å²) in [4.78, 5) is 13.7. The zero-order valence-electron chi connectivity index (χ0n) is 11.7. The zero-order chi connectivity index (χ0) is 13.0. The van der Waals surface area contributed by atoms with Crippen molar-refractivity contribution >= 4 is 5.97 Å². The van der Waals surface area contributed by atoms with E-state index in [1.54, 1.807) is 0 Å². The Labute approximate surface area is 110 Å². The largest absolute Gasteiger partial charge is 0.469 e. The van der Waals surface area contributed by atoms with Crippen LogP contribution in [0.2, 0.25) is 0 Å². The first kappa shape index (κ1) is 13.8. The SMILES string of the molecule is COC(=O)CC1CC(NCC2CCC2)CN(C)C1. The third-order valence-electron chi connectivity index (χ3n) is 4.32. The van der Waals surface area contributed by atoms with Crippen molar-refractivity contribution in [2.24, 2.45) is 11.8 Å². The maximum atomic E-state index is 11.4. The summed E-state index contributed by atoms with van der Waals surface area (Å²) in [6.45, 7) is 3.27. The van der Waals surface area contributed by atoms with Crippen LogP contribution >= 0.6 is 0 Å². The molecule has 1 saturated heterocycles. The summed E-state index contributed by atoms with van der Waals surface area (Å²) in [5.41, 5.74) is 0. The fourth-order valence-electron chi connectivity index (χ4n) is 3.09. The van der Waals surface area contributed by atoms with Crippen LogP contribution in [0.1, 0.15) is 32.1 Å². The molecule has 0 spiro atoms. The Hall–Kier alpha value is -0.610. The van der Waals surface area contributed by atoms with Crippen LogP contribution in [0, 0.1) is 11.8 Å². The average Bonchev–Trinajstić information content (AvgIpc) is 2.26. The van der Waals surface area contributed by atoms with Crippen molar-refractivity contribution in [2.75, 3.05) is 33.8 Å². The normalized spacial score (nSPS) is 29.9. The molecule has 2 fully saturated rings. The van der Waals surface area contributed by atoms with Gasteiger partial charge in [0.25, 0.3) is 0 Å². The molecule has 2 rings (SSSR count). The van der Waals surface area contributed by atoms with E-state index in [2.05, 4.69) is 17.3 Å². The number of nitrogens with one attached hydrogen (secondary N) is 1.